The van der Waals surface area contributed by atoms with Crippen LogP contribution in [0.5, 0.6) is 0 Å². The maximum absolute atomic E-state index is 13.6. The molecule has 2 heterocycles. The molecule has 13 N–H and O–H groups in total. The van der Waals surface area contributed by atoms with Gasteiger partial charge in [-0.25, -0.2) is 34.4 Å². The van der Waals surface area contributed by atoms with Gasteiger partial charge in [0.25, 0.3) is 5.84 Å². The summed E-state index contributed by atoms with van der Waals surface area (Å²) in [5, 5.41) is 14.0. The smallest absolute Gasteiger partial charge is 0.270 e. The zero-order valence-electron chi connectivity index (χ0n) is 48.6. The van der Waals surface area contributed by atoms with Crippen LogP contribution in [0.25, 0.3) is 0 Å². The molecular weight excluding hydrogens is 1170 g/mol. The summed E-state index contributed by atoms with van der Waals surface area (Å²) in [6.45, 7) is 6.80. The number of amides is 5. The minimum atomic E-state index is -4.27. The predicted octanol–water partition coefficient (Wildman–Crippen LogP) is -0.136. The number of nitrogens with zero attached hydrogens (tertiary/aromatic N) is 2. The van der Waals surface area contributed by atoms with Gasteiger partial charge in [0.2, 0.25) is 29.5 Å². The second-order valence-corrected chi connectivity index (χ2v) is 24.6. The molecule has 1 saturated carbocycles. The maximum Gasteiger partial charge on any atom is 0.270 e. The molecule has 1 aliphatic rings. The van der Waals surface area contributed by atoms with E-state index in [4.69, 9.17) is 28.3 Å². The molecule has 1 aliphatic carbocycles. The number of amidine groups is 1. The van der Waals surface area contributed by atoms with Crippen LogP contribution in [0, 0.1) is 26.7 Å². The molecule has 0 aliphatic heterocycles. The summed E-state index contributed by atoms with van der Waals surface area (Å²) in [7, 11) is -9.03. The quantitative estimate of drug-likeness (QED) is 0.0240. The van der Waals surface area contributed by atoms with Crippen molar-refractivity contribution in [2.24, 2.45) is 42.9 Å². The predicted molar refractivity (Wildman–Crippen MR) is 315 cm³/mol. The lowest BCUT2D eigenvalue weighted by molar-refractivity contribution is -0.672. The Labute approximate surface area is 502 Å². The number of primary amides is 2. The van der Waals surface area contributed by atoms with Crippen molar-refractivity contribution < 1.29 is 77.4 Å². The highest BCUT2D eigenvalue weighted by atomic mass is 32.2. The number of pyridine rings is 2. The first-order valence-electron chi connectivity index (χ1n) is 26.8. The highest BCUT2D eigenvalue weighted by Crippen LogP contribution is 2.27. The lowest BCUT2D eigenvalue weighted by Crippen LogP contribution is -2.59. The largest absolute Gasteiger partial charge is 0.744 e. The van der Waals surface area contributed by atoms with Crippen molar-refractivity contribution in [2.45, 2.75) is 118 Å². The van der Waals surface area contributed by atoms with Crippen LogP contribution in [0.2, 0.25) is 0 Å². The Kier molecular flexibility index (Phi) is 28.4. The molecule has 464 valence electrons. The van der Waals surface area contributed by atoms with Crippen LogP contribution in [0.1, 0.15) is 78.0 Å². The van der Waals surface area contributed by atoms with Gasteiger partial charge in [0.05, 0.1) is 26.3 Å². The summed E-state index contributed by atoms with van der Waals surface area (Å²) in [4.78, 5) is 61.5. The number of hydrogen-bond donors (Lipinski definition) is 8. The summed E-state index contributed by atoms with van der Waals surface area (Å²) in [5.74, 6) is -2.39. The van der Waals surface area contributed by atoms with E-state index in [9.17, 15) is 62.9 Å². The van der Waals surface area contributed by atoms with Crippen LogP contribution in [0.4, 0.5) is 0 Å². The van der Waals surface area contributed by atoms with Crippen molar-refractivity contribution in [2.75, 3.05) is 0 Å². The number of nitrogens with one attached hydrogen (secondary N) is 3. The average molecular weight is 1250 g/mol. The second-order valence-electron chi connectivity index (χ2n) is 20.4. The molecule has 5 amide bonds. The summed E-state index contributed by atoms with van der Waals surface area (Å²) < 4.78 is 97.2. The van der Waals surface area contributed by atoms with E-state index in [-0.39, 0.29) is 45.2 Å². The Morgan fingerprint density at radius 1 is 0.535 bits per heavy atom. The molecule has 6 aromatic rings. The fourth-order valence-electron chi connectivity index (χ4n) is 8.37. The van der Waals surface area contributed by atoms with Crippen LogP contribution in [0.15, 0.2) is 161 Å². The lowest BCUT2D eigenvalue weighted by Gasteiger charge is -2.32. The third-order valence-corrected chi connectivity index (χ3v) is 15.5. The first-order valence-corrected chi connectivity index (χ1v) is 31.0. The fourth-order valence-corrected chi connectivity index (χ4v) is 9.78. The van der Waals surface area contributed by atoms with E-state index in [0.29, 0.717) is 12.0 Å². The van der Waals surface area contributed by atoms with Gasteiger partial charge >= 0.3 is 0 Å². The normalized spacial score (nSPS) is 13.6. The maximum atomic E-state index is 13.6. The van der Waals surface area contributed by atoms with Gasteiger partial charge in [-0.2, -0.15) is 0 Å². The number of rotatable bonds is 18. The van der Waals surface area contributed by atoms with E-state index in [1.54, 1.807) is 60.7 Å². The highest BCUT2D eigenvalue weighted by Gasteiger charge is 2.35. The van der Waals surface area contributed by atoms with Crippen LogP contribution in [-0.4, -0.2) is 98.5 Å². The fraction of sp³-hybridized carbons (Fsp3) is 0.322. The zero-order valence-corrected chi connectivity index (χ0v) is 51.1. The number of carbonyl (C=O) groups excluding carboxylic acids is 5. The molecule has 0 radical (unpaired) electrons. The zero-order chi connectivity index (χ0) is 64.5. The molecule has 0 saturated heterocycles. The number of aryl methyl sites for hydroxylation is 5. The summed E-state index contributed by atoms with van der Waals surface area (Å²) in [6, 6.07) is 28.6. The van der Waals surface area contributed by atoms with Crippen molar-refractivity contribution in [1.29, 1.82) is 0 Å². The molecule has 27 heteroatoms. The molecule has 2 aromatic heterocycles. The number of aromatic nitrogens is 2. The SMILES string of the molecule is CC(=O)N[C@@H](Cc1ccc(C(N)=[NH2+])cc1)C(=O)NC(C(=O)N[C@@H](Cc1ccc[n+](C)c1)C(N)=O)C1CCCCC1.C[n+]1cccc(C[C@H](N)C(N)=O)c1.Cc1ccc(S(=O)(=O)[O-])cc1.Cc1ccc(S(=O)(=O)[O-])cc1.Cc1ccc(S(=O)(=O)[O-])cc1. The lowest BCUT2D eigenvalue weighted by atomic mass is 9.83. The first kappa shape index (κ1) is 72.0. The van der Waals surface area contributed by atoms with Crippen LogP contribution < -0.4 is 53.4 Å². The van der Waals surface area contributed by atoms with Gasteiger partial charge in [0, 0.05) is 49.4 Å². The van der Waals surface area contributed by atoms with Crippen molar-refractivity contribution in [3.63, 3.8) is 0 Å². The Bertz CT molecular complexity index is 3410. The third kappa shape index (κ3) is 26.7. The van der Waals surface area contributed by atoms with Crippen molar-refractivity contribution in [1.82, 2.24) is 16.0 Å². The van der Waals surface area contributed by atoms with Crippen molar-refractivity contribution in [3.05, 3.63) is 185 Å². The highest BCUT2D eigenvalue weighted by molar-refractivity contribution is 7.86. The van der Waals surface area contributed by atoms with Gasteiger partial charge in [-0.3, -0.25) is 35.1 Å². The molecule has 4 aromatic carbocycles. The minimum Gasteiger partial charge on any atom is -0.744 e. The second kappa shape index (κ2) is 34.0. The molecule has 1 unspecified atom stereocenters. The Morgan fingerprint density at radius 2 is 0.930 bits per heavy atom. The van der Waals surface area contributed by atoms with Crippen molar-refractivity contribution in [3.8, 4) is 0 Å². The minimum absolute atomic E-state index is 0.110. The Morgan fingerprint density at radius 3 is 1.28 bits per heavy atom. The van der Waals surface area contributed by atoms with Crippen molar-refractivity contribution >= 4 is 65.7 Å². The number of benzene rings is 4. The molecule has 24 nitrogen and oxygen atoms in total. The third-order valence-electron chi connectivity index (χ3n) is 13.0. The van der Waals surface area contributed by atoms with Crippen LogP contribution in [-0.2, 0) is 87.7 Å². The summed E-state index contributed by atoms with van der Waals surface area (Å²) in [5.41, 5.74) is 27.9. The van der Waals surface area contributed by atoms with E-state index in [2.05, 4.69) is 16.0 Å². The average Bonchev–Trinajstić information content (AvgIpc) is 3.55. The van der Waals surface area contributed by atoms with Crippen LogP contribution in [0.3, 0.4) is 0 Å². The Balaban J connectivity index is 0.000000337. The van der Waals surface area contributed by atoms with Gasteiger partial charge in [0.1, 0.15) is 62.6 Å². The number of nitrogens with two attached hydrogens (primary N) is 5. The van der Waals surface area contributed by atoms with Gasteiger partial charge in [-0.15, -0.1) is 0 Å². The van der Waals surface area contributed by atoms with Gasteiger partial charge in [-0.1, -0.05) is 84.5 Å². The standard InChI is InChI=1S/C29H39N7O4.C9H13N3O.3C7H8O3S/c1-18(37)33-24(15-19-10-12-22(13-11-19)26(30)31)28(39)35-25(21-8-4-3-5-9-21)29(40)34-23(27(32)38)16-20-7-6-14-36(2)17-20;1-12-4-2-3-7(6-12)5-8(10)9(11)13;3*1-6-2-4-7(5-3-6)11(8,9)10/h6-7,10-14,17,21,23-25H,3-5,8-9,15-16H2,1-2H3,(H7-,30,31,32,33,34,35,37,38,39,40);2-4,6,8H,5,10H2,1H3,(H-,11,13);3*2-5H,1H3,(H,8,9,10)/t23-,24-,25?;8-;;;/m00.../s1. The van der Waals surface area contributed by atoms with E-state index >= 15 is 0 Å². The number of hydrogen-bond acceptors (Lipinski definition) is 15. The molecular formula is C59H76N10O14S3. The molecule has 1 fully saturated rings. The topological polar surface area (TPSA) is 430 Å². The van der Waals surface area contributed by atoms with Gasteiger partial charge in [0.15, 0.2) is 24.8 Å². The van der Waals surface area contributed by atoms with E-state index in [1.165, 1.54) is 43.3 Å². The molecule has 0 bridgehead atoms. The van der Waals surface area contributed by atoms with Gasteiger partial charge in [-0.05, 0) is 106 Å². The van der Waals surface area contributed by atoms with Gasteiger partial charge < -0.3 is 46.8 Å². The molecule has 4 atom stereocenters. The number of carbonyl (C=O) groups is 5. The molecule has 7 rings (SSSR count). The van der Waals surface area contributed by atoms with E-state index < -0.39 is 78.2 Å². The van der Waals surface area contributed by atoms with E-state index in [1.807, 2.05) is 93.1 Å². The Hall–Kier alpha value is -8.31. The summed E-state index contributed by atoms with van der Waals surface area (Å²) >= 11 is 0. The molecule has 86 heavy (non-hydrogen) atoms. The van der Waals surface area contributed by atoms with Crippen LogP contribution >= 0.6 is 0 Å². The monoisotopic (exact) mass is 1240 g/mol. The molecule has 0 spiro atoms. The first-order chi connectivity index (χ1) is 40.1. The summed E-state index contributed by atoms with van der Waals surface area (Å²) in [6.07, 6.45) is 12.9. The van der Waals surface area contributed by atoms with E-state index in [0.717, 1.165) is 65.5 Å².